The summed E-state index contributed by atoms with van der Waals surface area (Å²) in [6, 6.07) is 3.61. The topological polar surface area (TPSA) is 59.2 Å². The molecule has 110 valence electrons. The van der Waals surface area contributed by atoms with Gasteiger partial charge in [0.15, 0.2) is 0 Å². The molecular formula is C14H13F2N3OS. The highest BCUT2D eigenvalue weighted by Gasteiger charge is 2.26. The van der Waals surface area contributed by atoms with Crippen LogP contribution in [-0.2, 0) is 0 Å². The first-order chi connectivity index (χ1) is 10.1. The van der Waals surface area contributed by atoms with E-state index in [0.29, 0.717) is 13.1 Å². The van der Waals surface area contributed by atoms with Crippen molar-refractivity contribution >= 4 is 17.2 Å². The summed E-state index contributed by atoms with van der Waals surface area (Å²) in [6.07, 6.45) is 0.755. The molecule has 0 saturated carbocycles. The van der Waals surface area contributed by atoms with Crippen molar-refractivity contribution in [3.8, 4) is 10.6 Å². The third-order valence-corrected chi connectivity index (χ3v) is 4.27. The molecule has 1 saturated heterocycles. The van der Waals surface area contributed by atoms with Gasteiger partial charge in [0, 0.05) is 24.5 Å². The number of nitrogens with zero attached hydrogens (tertiary/aromatic N) is 2. The number of rotatable bonds is 2. The quantitative estimate of drug-likeness (QED) is 0.925. The molecule has 1 atom stereocenters. The lowest BCUT2D eigenvalue weighted by molar-refractivity contribution is 0.0786. The highest BCUT2D eigenvalue weighted by atomic mass is 32.1. The minimum absolute atomic E-state index is 0.0175. The van der Waals surface area contributed by atoms with E-state index in [1.807, 2.05) is 0 Å². The van der Waals surface area contributed by atoms with E-state index in [1.54, 1.807) is 4.90 Å². The van der Waals surface area contributed by atoms with E-state index in [4.69, 9.17) is 5.73 Å². The second kappa shape index (κ2) is 5.50. The molecule has 2 aromatic rings. The second-order valence-electron chi connectivity index (χ2n) is 4.93. The zero-order chi connectivity index (χ0) is 15.0. The average Bonchev–Trinajstić information content (AvgIpc) is 3.07. The van der Waals surface area contributed by atoms with Crippen molar-refractivity contribution < 1.29 is 13.6 Å². The van der Waals surface area contributed by atoms with E-state index in [1.165, 1.54) is 23.6 Å². The highest BCUT2D eigenvalue weighted by molar-refractivity contribution is 7.13. The molecule has 1 amide bonds. The van der Waals surface area contributed by atoms with E-state index in [2.05, 4.69) is 4.98 Å². The molecule has 1 aliphatic heterocycles. The summed E-state index contributed by atoms with van der Waals surface area (Å²) >= 11 is 1.05. The maximum absolute atomic E-state index is 13.7. The number of carbonyl (C=O) groups is 1. The van der Waals surface area contributed by atoms with Crippen LogP contribution >= 0.6 is 11.3 Å². The summed E-state index contributed by atoms with van der Waals surface area (Å²) in [6.45, 7) is 1.07. The van der Waals surface area contributed by atoms with Crippen LogP contribution in [0.25, 0.3) is 10.6 Å². The largest absolute Gasteiger partial charge is 0.336 e. The number of amides is 1. The lowest BCUT2D eigenvalue weighted by Gasteiger charge is -2.13. The number of halogens is 2. The maximum atomic E-state index is 13.7. The van der Waals surface area contributed by atoms with E-state index in [-0.39, 0.29) is 28.2 Å². The molecule has 0 bridgehead atoms. The van der Waals surface area contributed by atoms with Crippen LogP contribution in [0, 0.1) is 11.6 Å². The number of carbonyl (C=O) groups excluding carboxylic acids is 1. The van der Waals surface area contributed by atoms with Gasteiger partial charge in [-0.3, -0.25) is 4.79 Å². The fraction of sp³-hybridized carbons (Fsp3) is 0.286. The Morgan fingerprint density at radius 3 is 2.71 bits per heavy atom. The second-order valence-corrected chi connectivity index (χ2v) is 5.79. The average molecular weight is 309 g/mol. The van der Waals surface area contributed by atoms with Crippen LogP contribution in [0.5, 0.6) is 0 Å². The molecule has 1 aliphatic rings. The third kappa shape index (κ3) is 2.66. The number of hydrogen-bond donors (Lipinski definition) is 1. The fourth-order valence-corrected chi connectivity index (χ4v) is 3.16. The molecule has 0 radical (unpaired) electrons. The van der Waals surface area contributed by atoms with Gasteiger partial charge in [0.2, 0.25) is 0 Å². The lowest BCUT2D eigenvalue weighted by atomic mass is 10.2. The van der Waals surface area contributed by atoms with Gasteiger partial charge in [-0.15, -0.1) is 11.3 Å². The van der Waals surface area contributed by atoms with E-state index in [0.717, 1.165) is 17.8 Å². The molecule has 21 heavy (non-hydrogen) atoms. The first-order valence-corrected chi connectivity index (χ1v) is 7.39. The van der Waals surface area contributed by atoms with Crippen LogP contribution in [0.3, 0.4) is 0 Å². The van der Waals surface area contributed by atoms with E-state index < -0.39 is 11.6 Å². The molecule has 0 aliphatic carbocycles. The highest BCUT2D eigenvalue weighted by Crippen LogP contribution is 2.29. The van der Waals surface area contributed by atoms with Crippen LogP contribution in [0.15, 0.2) is 23.6 Å². The Hall–Kier alpha value is -1.86. The minimum Gasteiger partial charge on any atom is -0.336 e. The van der Waals surface area contributed by atoms with Gasteiger partial charge in [0.05, 0.1) is 5.56 Å². The zero-order valence-corrected chi connectivity index (χ0v) is 11.9. The molecule has 2 N–H and O–H groups in total. The lowest BCUT2D eigenvalue weighted by Crippen LogP contribution is -2.32. The molecule has 1 aromatic carbocycles. The number of benzene rings is 1. The van der Waals surface area contributed by atoms with Crippen LogP contribution < -0.4 is 5.73 Å². The summed E-state index contributed by atoms with van der Waals surface area (Å²) in [5.74, 6) is -1.62. The number of nitrogens with two attached hydrogens (primary N) is 1. The van der Waals surface area contributed by atoms with Crippen molar-refractivity contribution in [2.24, 2.45) is 5.73 Å². The molecule has 1 aromatic heterocycles. The monoisotopic (exact) mass is 309 g/mol. The number of aromatic nitrogens is 1. The van der Waals surface area contributed by atoms with Crippen LogP contribution in [0.2, 0.25) is 0 Å². The van der Waals surface area contributed by atoms with Crippen molar-refractivity contribution in [1.82, 2.24) is 9.88 Å². The maximum Gasteiger partial charge on any atom is 0.273 e. The molecule has 0 spiro atoms. The van der Waals surface area contributed by atoms with Crippen LogP contribution in [-0.4, -0.2) is 34.9 Å². The van der Waals surface area contributed by atoms with Crippen LogP contribution in [0.1, 0.15) is 16.9 Å². The van der Waals surface area contributed by atoms with Crippen molar-refractivity contribution in [1.29, 1.82) is 0 Å². The number of hydrogen-bond acceptors (Lipinski definition) is 4. The normalized spacial score (nSPS) is 18.2. The van der Waals surface area contributed by atoms with Crippen molar-refractivity contribution in [2.45, 2.75) is 12.5 Å². The molecule has 7 heteroatoms. The molecule has 1 fully saturated rings. The van der Waals surface area contributed by atoms with Gasteiger partial charge >= 0.3 is 0 Å². The Balaban J connectivity index is 1.88. The summed E-state index contributed by atoms with van der Waals surface area (Å²) < 4.78 is 27.4. The number of likely N-dealkylation sites (tertiary alicyclic amines) is 1. The predicted octanol–water partition coefficient (Wildman–Crippen LogP) is 2.26. The molecule has 2 heterocycles. The summed E-state index contributed by atoms with van der Waals surface area (Å²) in [4.78, 5) is 17.9. The minimum atomic E-state index is -0.688. The fourth-order valence-electron chi connectivity index (χ4n) is 2.32. The van der Waals surface area contributed by atoms with E-state index in [9.17, 15) is 13.6 Å². The Kier molecular flexibility index (Phi) is 3.69. The number of thiazole rings is 1. The van der Waals surface area contributed by atoms with E-state index >= 15 is 0 Å². The molecule has 4 nitrogen and oxygen atoms in total. The molecular weight excluding hydrogens is 296 g/mol. The Morgan fingerprint density at radius 2 is 2.10 bits per heavy atom. The third-order valence-electron chi connectivity index (χ3n) is 3.41. The van der Waals surface area contributed by atoms with Gasteiger partial charge in [0.25, 0.3) is 5.91 Å². The summed E-state index contributed by atoms with van der Waals surface area (Å²) in [5, 5.41) is 1.69. The first-order valence-electron chi connectivity index (χ1n) is 6.51. The van der Waals surface area contributed by atoms with Gasteiger partial charge in [-0.05, 0) is 18.6 Å². The van der Waals surface area contributed by atoms with Gasteiger partial charge in [-0.2, -0.15) is 0 Å². The van der Waals surface area contributed by atoms with Crippen molar-refractivity contribution in [3.05, 3.63) is 40.9 Å². The predicted molar refractivity (Wildman–Crippen MR) is 76.0 cm³/mol. The Morgan fingerprint density at radius 1 is 1.38 bits per heavy atom. The van der Waals surface area contributed by atoms with Crippen molar-refractivity contribution in [2.75, 3.05) is 13.1 Å². The summed E-state index contributed by atoms with van der Waals surface area (Å²) in [5.41, 5.74) is 5.77. The van der Waals surface area contributed by atoms with Crippen molar-refractivity contribution in [3.63, 3.8) is 0 Å². The Labute approximate surface area is 124 Å². The Bertz CT molecular complexity index is 668. The SMILES string of the molecule is N[C@@H]1CCN(C(=O)c2csc(-c3c(F)cccc3F)n2)C1. The zero-order valence-electron chi connectivity index (χ0n) is 11.1. The standard InChI is InChI=1S/C14H13F2N3OS/c15-9-2-1-3-10(16)12(9)13-18-11(7-21-13)14(20)19-5-4-8(17)6-19/h1-3,7-8H,4-6,17H2/t8-/m1/s1. The molecule has 3 rings (SSSR count). The van der Waals surface area contributed by atoms with Gasteiger partial charge in [-0.1, -0.05) is 6.07 Å². The van der Waals surface area contributed by atoms with Gasteiger partial charge < -0.3 is 10.6 Å². The first kappa shape index (κ1) is 14.1. The van der Waals surface area contributed by atoms with Gasteiger partial charge in [-0.25, -0.2) is 13.8 Å². The van der Waals surface area contributed by atoms with Gasteiger partial charge in [0.1, 0.15) is 22.3 Å². The summed E-state index contributed by atoms with van der Waals surface area (Å²) in [7, 11) is 0. The molecule has 0 unspecified atom stereocenters. The van der Waals surface area contributed by atoms with Crippen LogP contribution in [0.4, 0.5) is 8.78 Å². The smallest absolute Gasteiger partial charge is 0.273 e.